The lowest BCUT2D eigenvalue weighted by Gasteiger charge is -2.07. The Morgan fingerprint density at radius 1 is 1.10 bits per heavy atom. The first-order chi connectivity index (χ1) is 14.3. The predicted molar refractivity (Wildman–Crippen MR) is 110 cm³/mol. The van der Waals surface area contributed by atoms with Crippen LogP contribution in [-0.2, 0) is 24.3 Å². The van der Waals surface area contributed by atoms with Gasteiger partial charge in [-0.15, -0.1) is 0 Å². The van der Waals surface area contributed by atoms with Gasteiger partial charge < -0.3 is 9.47 Å². The summed E-state index contributed by atoms with van der Waals surface area (Å²) in [4.78, 5) is 23.8. The van der Waals surface area contributed by atoms with Gasteiger partial charge in [0.15, 0.2) is 0 Å². The second kappa shape index (κ2) is 7.60. The number of carbonyl (C=O) groups excluding carboxylic acids is 2. The Hall–Kier alpha value is -3.13. The van der Waals surface area contributed by atoms with Crippen LogP contribution in [0.15, 0.2) is 59.6 Å². The maximum Gasteiger partial charge on any atom is 0.516 e. The van der Waals surface area contributed by atoms with Crippen LogP contribution >= 0.6 is 0 Å². The summed E-state index contributed by atoms with van der Waals surface area (Å²) >= 11 is 0. The Morgan fingerprint density at radius 3 is 2.50 bits per heavy atom. The average molecular weight is 427 g/mol. The van der Waals surface area contributed by atoms with Gasteiger partial charge in [0.05, 0.1) is 22.9 Å². The van der Waals surface area contributed by atoms with E-state index in [1.54, 1.807) is 49.5 Å². The summed E-state index contributed by atoms with van der Waals surface area (Å²) < 4.78 is 37.1. The van der Waals surface area contributed by atoms with Crippen LogP contribution in [0.5, 0.6) is 0 Å². The van der Waals surface area contributed by atoms with Crippen molar-refractivity contribution in [2.24, 2.45) is 5.92 Å². The molecule has 0 aliphatic heterocycles. The van der Waals surface area contributed by atoms with Crippen molar-refractivity contribution in [2.75, 3.05) is 6.61 Å². The zero-order valence-corrected chi connectivity index (χ0v) is 17.4. The van der Waals surface area contributed by atoms with Crippen molar-refractivity contribution in [1.82, 2.24) is 3.97 Å². The third kappa shape index (κ3) is 3.59. The Labute approximate surface area is 174 Å². The minimum Gasteiger partial charge on any atom is -0.434 e. The van der Waals surface area contributed by atoms with Gasteiger partial charge in [0, 0.05) is 17.5 Å². The maximum atomic E-state index is 13.3. The third-order valence-electron chi connectivity index (χ3n) is 5.23. The molecule has 30 heavy (non-hydrogen) atoms. The Bertz CT molecular complexity index is 1230. The highest BCUT2D eigenvalue weighted by atomic mass is 32.2. The van der Waals surface area contributed by atoms with E-state index in [-0.39, 0.29) is 17.4 Å². The van der Waals surface area contributed by atoms with E-state index in [1.807, 2.05) is 19.1 Å². The van der Waals surface area contributed by atoms with E-state index >= 15 is 0 Å². The van der Waals surface area contributed by atoms with Crippen LogP contribution in [-0.4, -0.2) is 31.1 Å². The minimum atomic E-state index is -3.80. The molecule has 3 aromatic rings. The number of hydrogen-bond acceptors (Lipinski definition) is 6. The first-order valence-electron chi connectivity index (χ1n) is 9.63. The SMILES string of the molecule is CCOC(=O)OC(=O)[C@H]1C[C@@H]1c1cn(S(=O)(=O)c2ccc(C)cc2)c2ccccc12. The molecule has 0 radical (unpaired) electrons. The van der Waals surface area contributed by atoms with Crippen LogP contribution in [0.4, 0.5) is 4.79 Å². The van der Waals surface area contributed by atoms with E-state index in [1.165, 1.54) is 3.97 Å². The summed E-state index contributed by atoms with van der Waals surface area (Å²) in [6, 6.07) is 13.8. The molecule has 1 saturated carbocycles. The van der Waals surface area contributed by atoms with Gasteiger partial charge in [-0.1, -0.05) is 35.9 Å². The van der Waals surface area contributed by atoms with Crippen molar-refractivity contribution in [3.05, 3.63) is 65.9 Å². The van der Waals surface area contributed by atoms with Crippen molar-refractivity contribution in [3.8, 4) is 0 Å². The zero-order valence-electron chi connectivity index (χ0n) is 16.6. The maximum absolute atomic E-state index is 13.3. The fourth-order valence-corrected chi connectivity index (χ4v) is 4.98. The lowest BCUT2D eigenvalue weighted by atomic mass is 10.1. The van der Waals surface area contributed by atoms with Crippen LogP contribution in [0, 0.1) is 12.8 Å². The smallest absolute Gasteiger partial charge is 0.434 e. The molecule has 0 saturated heterocycles. The highest BCUT2D eigenvalue weighted by molar-refractivity contribution is 7.90. The molecule has 0 unspecified atom stereocenters. The van der Waals surface area contributed by atoms with Gasteiger partial charge in [-0.25, -0.2) is 17.2 Å². The molecule has 1 fully saturated rings. The van der Waals surface area contributed by atoms with Crippen molar-refractivity contribution in [3.63, 3.8) is 0 Å². The number of rotatable bonds is 5. The number of ether oxygens (including phenoxy) is 2. The van der Waals surface area contributed by atoms with E-state index in [0.29, 0.717) is 11.9 Å². The van der Waals surface area contributed by atoms with Crippen molar-refractivity contribution >= 4 is 33.1 Å². The summed E-state index contributed by atoms with van der Waals surface area (Å²) in [5.74, 6) is -1.38. The molecule has 1 aromatic heterocycles. The molecular weight excluding hydrogens is 406 g/mol. The fraction of sp³-hybridized carbons (Fsp3) is 0.273. The third-order valence-corrected chi connectivity index (χ3v) is 6.91. The van der Waals surface area contributed by atoms with E-state index < -0.39 is 28.1 Å². The highest BCUT2D eigenvalue weighted by Crippen LogP contribution is 2.51. The molecule has 7 nitrogen and oxygen atoms in total. The number of carbonyl (C=O) groups is 2. The summed E-state index contributed by atoms with van der Waals surface area (Å²) in [5.41, 5.74) is 2.25. The largest absolute Gasteiger partial charge is 0.516 e. The van der Waals surface area contributed by atoms with Gasteiger partial charge in [0.2, 0.25) is 0 Å². The van der Waals surface area contributed by atoms with Crippen LogP contribution in [0.25, 0.3) is 10.9 Å². The van der Waals surface area contributed by atoms with Crippen LogP contribution in [0.2, 0.25) is 0 Å². The van der Waals surface area contributed by atoms with Gasteiger partial charge in [0.25, 0.3) is 10.0 Å². The Kier molecular flexibility index (Phi) is 5.11. The first-order valence-corrected chi connectivity index (χ1v) is 11.1. The summed E-state index contributed by atoms with van der Waals surface area (Å²) in [6.07, 6.45) is 1.04. The van der Waals surface area contributed by atoms with Crippen LogP contribution < -0.4 is 0 Å². The standard InChI is InChI=1S/C22H21NO6S/c1-3-28-22(25)29-21(24)18-12-17(18)19-13-23(20-7-5-4-6-16(19)20)30(26,27)15-10-8-14(2)9-11-15/h4-11,13,17-18H,3,12H2,1-2H3/t17-,18-/m0/s1. The van der Waals surface area contributed by atoms with Gasteiger partial charge in [-0.3, -0.25) is 4.79 Å². The molecule has 8 heteroatoms. The summed E-state index contributed by atoms with van der Waals surface area (Å²) in [5, 5.41) is 0.754. The van der Waals surface area contributed by atoms with Crippen molar-refractivity contribution < 1.29 is 27.5 Å². The van der Waals surface area contributed by atoms with E-state index in [2.05, 4.69) is 4.74 Å². The number of aromatic nitrogens is 1. The lowest BCUT2D eigenvalue weighted by Crippen LogP contribution is -2.15. The second-order valence-electron chi connectivity index (χ2n) is 7.27. The molecule has 2 aromatic carbocycles. The number of nitrogens with zero attached hydrogens (tertiary/aromatic N) is 1. The second-order valence-corrected chi connectivity index (χ2v) is 9.08. The number of esters is 1. The van der Waals surface area contributed by atoms with E-state index in [9.17, 15) is 18.0 Å². The molecule has 0 N–H and O–H groups in total. The molecular formula is C22H21NO6S. The number of fused-ring (bicyclic) bond motifs is 1. The molecule has 156 valence electrons. The van der Waals surface area contributed by atoms with Gasteiger partial charge in [0.1, 0.15) is 0 Å². The predicted octanol–water partition coefficient (Wildman–Crippen LogP) is 3.99. The van der Waals surface area contributed by atoms with Crippen LogP contribution in [0.1, 0.15) is 30.4 Å². The summed E-state index contributed by atoms with van der Waals surface area (Å²) in [6.45, 7) is 3.63. The minimum absolute atomic E-state index is 0.116. The zero-order chi connectivity index (χ0) is 21.5. The normalized spacial score (nSPS) is 18.2. The van der Waals surface area contributed by atoms with Crippen LogP contribution in [0.3, 0.4) is 0 Å². The molecule has 1 aliphatic carbocycles. The summed E-state index contributed by atoms with van der Waals surface area (Å²) in [7, 11) is -3.80. The molecule has 0 bridgehead atoms. The number of hydrogen-bond donors (Lipinski definition) is 0. The van der Waals surface area contributed by atoms with Gasteiger partial charge >= 0.3 is 12.1 Å². The molecule has 0 amide bonds. The van der Waals surface area contributed by atoms with Crippen molar-refractivity contribution in [1.29, 1.82) is 0 Å². The van der Waals surface area contributed by atoms with E-state index in [0.717, 1.165) is 16.5 Å². The first kappa shape index (κ1) is 20.2. The number of aryl methyl sites for hydroxylation is 1. The van der Waals surface area contributed by atoms with Gasteiger partial charge in [-0.05, 0) is 44.0 Å². The fourth-order valence-electron chi connectivity index (χ4n) is 3.60. The molecule has 2 atom stereocenters. The molecule has 1 aliphatic rings. The van der Waals surface area contributed by atoms with Crippen molar-refractivity contribution in [2.45, 2.75) is 31.1 Å². The Morgan fingerprint density at radius 2 is 1.80 bits per heavy atom. The Balaban J connectivity index is 1.68. The highest BCUT2D eigenvalue weighted by Gasteiger charge is 2.47. The number of benzene rings is 2. The van der Waals surface area contributed by atoms with E-state index in [4.69, 9.17) is 4.74 Å². The average Bonchev–Trinajstić information content (AvgIpc) is 3.41. The quantitative estimate of drug-likeness (QED) is 0.452. The molecule has 1 heterocycles. The monoisotopic (exact) mass is 427 g/mol. The molecule has 0 spiro atoms. The number of para-hydroxylation sites is 1. The van der Waals surface area contributed by atoms with Gasteiger partial charge in [-0.2, -0.15) is 0 Å². The topological polar surface area (TPSA) is 91.7 Å². The molecule has 4 rings (SSSR count). The lowest BCUT2D eigenvalue weighted by molar-refractivity contribution is -0.141.